The van der Waals surface area contributed by atoms with Crippen molar-refractivity contribution >= 4 is 34.9 Å². The normalized spacial score (nSPS) is 13.0. The molecule has 1 aliphatic heterocycles. The number of pyridine rings is 1. The van der Waals surface area contributed by atoms with Crippen LogP contribution >= 0.6 is 11.6 Å². The average Bonchev–Trinajstić information content (AvgIpc) is 3.30. The van der Waals surface area contributed by atoms with Crippen molar-refractivity contribution < 1.29 is 14.8 Å². The molecule has 3 aromatic rings. The van der Waals surface area contributed by atoms with Gasteiger partial charge < -0.3 is 20.3 Å². The molecular weight excluding hydrogens is 486 g/mol. The van der Waals surface area contributed by atoms with Gasteiger partial charge in [0, 0.05) is 54.1 Å². The van der Waals surface area contributed by atoms with Crippen LogP contribution in [-0.2, 0) is 16.1 Å². The molecule has 1 aromatic heterocycles. The number of hydrogen-bond donors (Lipinski definition) is 3. The van der Waals surface area contributed by atoms with E-state index in [0.29, 0.717) is 24.0 Å². The summed E-state index contributed by atoms with van der Waals surface area (Å²) in [4.78, 5) is 17.9. The molecule has 192 valence electrons. The number of ether oxygens (including phenoxy) is 1. The molecule has 4 N–H and O–H groups in total. The van der Waals surface area contributed by atoms with Crippen LogP contribution in [0.3, 0.4) is 0 Å². The van der Waals surface area contributed by atoms with Crippen LogP contribution in [0.5, 0.6) is 0 Å². The van der Waals surface area contributed by atoms with E-state index in [1.165, 1.54) is 12.6 Å². The van der Waals surface area contributed by atoms with Crippen LogP contribution in [0.1, 0.15) is 37.3 Å². The number of rotatable bonds is 10. The predicted octanol–water partition coefficient (Wildman–Crippen LogP) is 5.10. The third-order valence-electron chi connectivity index (χ3n) is 6.33. The van der Waals surface area contributed by atoms with Gasteiger partial charge >= 0.3 is 0 Å². The number of nitrogens with zero attached hydrogens (tertiary/aromatic N) is 2. The number of halogens is 1. The fourth-order valence-electron chi connectivity index (χ4n) is 4.35. The van der Waals surface area contributed by atoms with E-state index < -0.39 is 0 Å². The quantitative estimate of drug-likeness (QED) is 0.151. The Morgan fingerprint density at radius 3 is 2.65 bits per heavy atom. The molecule has 2 aromatic carbocycles. The standard InChI is InChI=1S/C29H32ClN5O2/c1-20-5-3-14-35(20)15-4-16-37-29(31)26-17-23(24-9-13-28(33-19-24)34-21(2)36)8-12-27(26)32-18-22-6-10-25(30)11-7-22/h6-13,17,19,31-32H,1,3-5,14-16,18H2,2H3,(H,33,34,36)/p+1. The molecule has 2 heterocycles. The van der Waals surface area contributed by atoms with Crippen LogP contribution < -0.4 is 10.6 Å². The summed E-state index contributed by atoms with van der Waals surface area (Å²) in [6.45, 7) is 8.70. The summed E-state index contributed by atoms with van der Waals surface area (Å²) < 4.78 is 5.91. The topological polar surface area (TPSA) is 94.9 Å². The van der Waals surface area contributed by atoms with Gasteiger partial charge in [0.1, 0.15) is 18.1 Å². The maximum absolute atomic E-state index is 11.3. The molecule has 0 aliphatic carbocycles. The second-order valence-electron chi connectivity index (χ2n) is 9.14. The summed E-state index contributed by atoms with van der Waals surface area (Å²) >= 11 is 6.03. The highest BCUT2D eigenvalue weighted by atomic mass is 35.5. The Bertz CT molecular complexity index is 1260. The molecule has 4 rings (SSSR count). The maximum atomic E-state index is 11.3. The van der Waals surface area contributed by atoms with Crippen LogP contribution in [0.15, 0.2) is 73.1 Å². The Morgan fingerprint density at radius 1 is 1.19 bits per heavy atom. The third kappa shape index (κ3) is 7.41. The molecule has 0 radical (unpaired) electrons. The Morgan fingerprint density at radius 2 is 1.97 bits per heavy atom. The fourth-order valence-corrected chi connectivity index (χ4v) is 4.47. The number of nitrogens with one attached hydrogen (secondary N) is 2. The van der Waals surface area contributed by atoms with Crippen molar-refractivity contribution in [3.63, 3.8) is 0 Å². The first-order valence-electron chi connectivity index (χ1n) is 12.5. The van der Waals surface area contributed by atoms with E-state index in [1.807, 2.05) is 48.5 Å². The Kier molecular flexibility index (Phi) is 8.93. The van der Waals surface area contributed by atoms with Crippen LogP contribution in [0.2, 0.25) is 5.02 Å². The summed E-state index contributed by atoms with van der Waals surface area (Å²) in [6.07, 6.45) is 4.78. The Hall–Kier alpha value is -3.68. The number of quaternary nitrogens is 1. The molecule has 0 bridgehead atoms. The number of likely N-dealkylation sites (tertiary alicyclic amines) is 1. The number of carbonyl (C=O) groups is 1. The van der Waals surface area contributed by atoms with E-state index in [-0.39, 0.29) is 11.8 Å². The van der Waals surface area contributed by atoms with Gasteiger partial charge in [0.05, 0.1) is 12.2 Å². The summed E-state index contributed by atoms with van der Waals surface area (Å²) in [5.74, 6) is 0.483. The van der Waals surface area contributed by atoms with Crippen molar-refractivity contribution in [2.75, 3.05) is 25.0 Å². The molecule has 1 aliphatic rings. The van der Waals surface area contributed by atoms with Crippen molar-refractivity contribution in [3.05, 3.63) is 89.2 Å². The van der Waals surface area contributed by atoms with E-state index in [0.717, 1.165) is 60.3 Å². The van der Waals surface area contributed by atoms with Gasteiger partial charge in [0.2, 0.25) is 11.8 Å². The van der Waals surface area contributed by atoms with Gasteiger partial charge in [0.15, 0.2) is 0 Å². The summed E-state index contributed by atoms with van der Waals surface area (Å²) in [5, 5.41) is 14.2. The molecule has 8 heteroatoms. The van der Waals surface area contributed by atoms with Crippen LogP contribution in [0, 0.1) is 5.41 Å². The monoisotopic (exact) mass is 518 g/mol. The lowest BCUT2D eigenvalue weighted by molar-refractivity contribution is -0.588. The van der Waals surface area contributed by atoms with E-state index in [9.17, 15) is 4.79 Å². The minimum atomic E-state index is -0.164. The highest BCUT2D eigenvalue weighted by Crippen LogP contribution is 2.25. The molecule has 0 saturated carbocycles. The van der Waals surface area contributed by atoms with E-state index >= 15 is 0 Å². The molecular formula is C29H33ClN5O2+. The van der Waals surface area contributed by atoms with Gasteiger partial charge in [0.25, 0.3) is 0 Å². The van der Waals surface area contributed by atoms with Crippen LogP contribution in [-0.4, -0.2) is 41.4 Å². The van der Waals surface area contributed by atoms with Gasteiger partial charge in [-0.1, -0.05) is 30.3 Å². The zero-order valence-electron chi connectivity index (χ0n) is 21.1. The molecule has 37 heavy (non-hydrogen) atoms. The third-order valence-corrected chi connectivity index (χ3v) is 6.58. The second kappa shape index (κ2) is 12.5. The highest BCUT2D eigenvalue weighted by molar-refractivity contribution is 6.30. The highest BCUT2D eigenvalue weighted by Gasteiger charge is 2.17. The first-order valence-corrected chi connectivity index (χ1v) is 12.9. The molecule has 0 atom stereocenters. The minimum absolute atomic E-state index is 0.146. The maximum Gasteiger partial charge on any atom is 0.222 e. The largest absolute Gasteiger partial charge is 0.477 e. The number of amides is 1. The van der Waals surface area contributed by atoms with Crippen LogP contribution in [0.25, 0.3) is 11.1 Å². The smallest absolute Gasteiger partial charge is 0.222 e. The predicted molar refractivity (Wildman–Crippen MR) is 148 cm³/mol. The first-order chi connectivity index (χ1) is 17.9. The van der Waals surface area contributed by atoms with Gasteiger partial charge in [-0.25, -0.2) is 4.98 Å². The number of anilines is 1. The lowest BCUT2D eigenvalue weighted by Crippen LogP contribution is -2.76. The summed E-state index contributed by atoms with van der Waals surface area (Å²) in [6, 6.07) is 17.4. The van der Waals surface area contributed by atoms with Crippen molar-refractivity contribution in [3.8, 4) is 11.1 Å². The van der Waals surface area contributed by atoms with Crippen molar-refractivity contribution in [1.29, 1.82) is 5.41 Å². The average molecular weight is 519 g/mol. The molecule has 1 saturated heterocycles. The Balaban J connectivity index is 1.49. The number of allylic oxidation sites excluding steroid dienone is 1. The van der Waals surface area contributed by atoms with E-state index in [2.05, 4.69) is 27.1 Å². The van der Waals surface area contributed by atoms with Gasteiger partial charge in [-0.3, -0.25) is 10.2 Å². The zero-order chi connectivity index (χ0) is 26.2. The van der Waals surface area contributed by atoms with Crippen molar-refractivity contribution in [2.45, 2.75) is 32.7 Å². The van der Waals surface area contributed by atoms with E-state index in [4.69, 9.17) is 21.7 Å². The van der Waals surface area contributed by atoms with E-state index in [1.54, 1.807) is 12.3 Å². The Labute approximate surface area is 223 Å². The fraction of sp³-hybridized carbons (Fsp3) is 0.276. The number of hydrogen-bond acceptors (Lipinski definition) is 5. The summed E-state index contributed by atoms with van der Waals surface area (Å²) in [5.41, 5.74) is 5.79. The number of aromatic nitrogens is 1. The van der Waals surface area contributed by atoms with Crippen molar-refractivity contribution in [1.82, 2.24) is 9.88 Å². The molecule has 7 nitrogen and oxygen atoms in total. The van der Waals surface area contributed by atoms with Crippen molar-refractivity contribution in [2.24, 2.45) is 0 Å². The van der Waals surface area contributed by atoms with Crippen LogP contribution in [0.4, 0.5) is 11.5 Å². The molecule has 0 unspecified atom stereocenters. The number of nitrogens with two attached hydrogens (primary N) is 1. The lowest BCUT2D eigenvalue weighted by atomic mass is 10.0. The number of benzene rings is 2. The summed E-state index contributed by atoms with van der Waals surface area (Å²) in [7, 11) is 0. The molecule has 0 spiro atoms. The zero-order valence-corrected chi connectivity index (χ0v) is 21.9. The second-order valence-corrected chi connectivity index (χ2v) is 9.57. The minimum Gasteiger partial charge on any atom is -0.477 e. The van der Waals surface area contributed by atoms with Gasteiger partial charge in [-0.15, -0.1) is 0 Å². The van der Waals surface area contributed by atoms with Gasteiger partial charge in [-0.2, -0.15) is 0 Å². The first kappa shape index (κ1) is 26.4. The van der Waals surface area contributed by atoms with Gasteiger partial charge in [-0.05, 0) is 61.2 Å². The molecule has 1 fully saturated rings. The lowest BCUT2D eigenvalue weighted by Gasteiger charge is -2.19. The SMILES string of the molecule is C=C1CCCN1CCCOC(=N)c1cc(-c2ccc(NC(C)=O)nc2)ccc1[NH2+]Cc1ccc(Cl)cc1. The molecule has 1 amide bonds. The number of carbonyl (C=O) groups excluding carboxylic acids is 1.